The Morgan fingerprint density at radius 3 is 3.09 bits per heavy atom. The standard InChI is InChI=1S/C8H17NO2/c1-7(11-6-5-10)8-3-2-4-9-8/h7-10H,2-6H2,1H3. The zero-order valence-corrected chi connectivity index (χ0v) is 7.05. The van der Waals surface area contributed by atoms with Gasteiger partial charge < -0.3 is 15.2 Å². The molecule has 11 heavy (non-hydrogen) atoms. The quantitative estimate of drug-likeness (QED) is 0.613. The van der Waals surface area contributed by atoms with Crippen molar-refractivity contribution in [1.82, 2.24) is 5.32 Å². The molecule has 0 saturated carbocycles. The fourth-order valence-corrected chi connectivity index (χ4v) is 1.47. The molecule has 1 aliphatic rings. The van der Waals surface area contributed by atoms with Gasteiger partial charge in [0, 0.05) is 6.04 Å². The molecule has 3 heteroatoms. The van der Waals surface area contributed by atoms with E-state index in [4.69, 9.17) is 9.84 Å². The summed E-state index contributed by atoms with van der Waals surface area (Å²) in [5.74, 6) is 0. The highest BCUT2D eigenvalue weighted by atomic mass is 16.5. The molecule has 2 N–H and O–H groups in total. The summed E-state index contributed by atoms with van der Waals surface area (Å²) in [4.78, 5) is 0. The molecule has 1 saturated heterocycles. The number of rotatable bonds is 4. The Labute approximate surface area is 67.7 Å². The summed E-state index contributed by atoms with van der Waals surface area (Å²) in [6.45, 7) is 3.74. The smallest absolute Gasteiger partial charge is 0.0702 e. The summed E-state index contributed by atoms with van der Waals surface area (Å²) in [6, 6.07) is 0.501. The highest BCUT2D eigenvalue weighted by Gasteiger charge is 2.20. The number of aliphatic hydroxyl groups is 1. The molecule has 1 heterocycles. The van der Waals surface area contributed by atoms with Gasteiger partial charge in [-0.15, -0.1) is 0 Å². The van der Waals surface area contributed by atoms with Gasteiger partial charge in [-0.2, -0.15) is 0 Å². The third-order valence-corrected chi connectivity index (χ3v) is 2.14. The van der Waals surface area contributed by atoms with Crippen molar-refractivity contribution in [3.8, 4) is 0 Å². The van der Waals surface area contributed by atoms with E-state index in [0.29, 0.717) is 12.6 Å². The average molecular weight is 159 g/mol. The zero-order valence-electron chi connectivity index (χ0n) is 7.05. The third-order valence-electron chi connectivity index (χ3n) is 2.14. The van der Waals surface area contributed by atoms with Crippen LogP contribution in [0.5, 0.6) is 0 Å². The van der Waals surface area contributed by atoms with Gasteiger partial charge in [-0.1, -0.05) is 0 Å². The van der Waals surface area contributed by atoms with Gasteiger partial charge in [-0.25, -0.2) is 0 Å². The number of hydrogen-bond donors (Lipinski definition) is 2. The summed E-state index contributed by atoms with van der Waals surface area (Å²) in [5, 5.41) is 11.9. The average Bonchev–Trinajstić information content (AvgIpc) is 2.52. The van der Waals surface area contributed by atoms with Crippen LogP contribution in [0.3, 0.4) is 0 Å². The first kappa shape index (κ1) is 8.97. The molecule has 0 aromatic carbocycles. The van der Waals surface area contributed by atoms with Crippen LogP contribution < -0.4 is 5.32 Å². The zero-order chi connectivity index (χ0) is 8.10. The van der Waals surface area contributed by atoms with Crippen LogP contribution in [0.1, 0.15) is 19.8 Å². The van der Waals surface area contributed by atoms with Crippen LogP contribution in [0.2, 0.25) is 0 Å². The van der Waals surface area contributed by atoms with Gasteiger partial charge in [-0.05, 0) is 26.3 Å². The van der Waals surface area contributed by atoms with Crippen molar-refractivity contribution in [3.05, 3.63) is 0 Å². The van der Waals surface area contributed by atoms with E-state index in [2.05, 4.69) is 12.2 Å². The molecule has 0 radical (unpaired) electrons. The predicted molar refractivity (Wildman–Crippen MR) is 43.5 cm³/mol. The lowest BCUT2D eigenvalue weighted by Gasteiger charge is -2.19. The van der Waals surface area contributed by atoms with E-state index < -0.39 is 0 Å². The second-order valence-electron chi connectivity index (χ2n) is 3.00. The van der Waals surface area contributed by atoms with Gasteiger partial charge in [0.2, 0.25) is 0 Å². The number of ether oxygens (including phenoxy) is 1. The number of hydrogen-bond acceptors (Lipinski definition) is 3. The van der Waals surface area contributed by atoms with Gasteiger partial charge >= 0.3 is 0 Å². The Morgan fingerprint density at radius 1 is 1.73 bits per heavy atom. The molecule has 0 spiro atoms. The molecule has 1 rings (SSSR count). The Kier molecular flexibility index (Phi) is 3.83. The first-order valence-corrected chi connectivity index (χ1v) is 4.30. The van der Waals surface area contributed by atoms with E-state index in [0.717, 1.165) is 6.54 Å². The van der Waals surface area contributed by atoms with Crippen LogP contribution in [0, 0.1) is 0 Å². The topological polar surface area (TPSA) is 41.5 Å². The molecule has 0 aliphatic carbocycles. The number of nitrogens with one attached hydrogen (secondary N) is 1. The van der Waals surface area contributed by atoms with Crippen molar-refractivity contribution in [2.24, 2.45) is 0 Å². The van der Waals surface area contributed by atoms with Gasteiger partial charge in [0.1, 0.15) is 0 Å². The van der Waals surface area contributed by atoms with E-state index in [1.807, 2.05) is 0 Å². The molecular formula is C8H17NO2. The predicted octanol–water partition coefficient (Wildman–Crippen LogP) is 0.136. The summed E-state index contributed by atoms with van der Waals surface area (Å²) in [6.07, 6.45) is 2.69. The van der Waals surface area contributed by atoms with Crippen LogP contribution >= 0.6 is 0 Å². The van der Waals surface area contributed by atoms with E-state index in [1.165, 1.54) is 12.8 Å². The van der Waals surface area contributed by atoms with Crippen molar-refractivity contribution in [2.45, 2.75) is 31.9 Å². The summed E-state index contributed by atoms with van der Waals surface area (Å²) in [5.41, 5.74) is 0. The maximum atomic E-state index is 8.51. The Morgan fingerprint density at radius 2 is 2.55 bits per heavy atom. The molecule has 1 aliphatic heterocycles. The van der Waals surface area contributed by atoms with Crippen molar-refractivity contribution in [2.75, 3.05) is 19.8 Å². The molecule has 3 nitrogen and oxygen atoms in total. The molecule has 0 aromatic heterocycles. The minimum atomic E-state index is 0.122. The normalized spacial score (nSPS) is 27.3. The first-order chi connectivity index (χ1) is 5.34. The lowest BCUT2D eigenvalue weighted by molar-refractivity contribution is 0.0214. The summed E-state index contributed by atoms with van der Waals surface area (Å²) in [7, 11) is 0. The largest absolute Gasteiger partial charge is 0.394 e. The van der Waals surface area contributed by atoms with Crippen LogP contribution in [-0.2, 0) is 4.74 Å². The van der Waals surface area contributed by atoms with Crippen LogP contribution in [0.25, 0.3) is 0 Å². The van der Waals surface area contributed by atoms with Gasteiger partial charge in [-0.3, -0.25) is 0 Å². The Balaban J connectivity index is 2.12. The van der Waals surface area contributed by atoms with Crippen LogP contribution in [0.4, 0.5) is 0 Å². The fraction of sp³-hybridized carbons (Fsp3) is 1.00. The highest BCUT2D eigenvalue weighted by molar-refractivity contribution is 4.79. The van der Waals surface area contributed by atoms with Gasteiger partial charge in [0.25, 0.3) is 0 Å². The van der Waals surface area contributed by atoms with Crippen LogP contribution in [-0.4, -0.2) is 37.0 Å². The lowest BCUT2D eigenvalue weighted by Crippen LogP contribution is -2.35. The molecule has 0 aromatic rings. The third kappa shape index (κ3) is 2.77. The monoisotopic (exact) mass is 159 g/mol. The Hall–Kier alpha value is -0.120. The number of aliphatic hydroxyl groups excluding tert-OH is 1. The maximum Gasteiger partial charge on any atom is 0.0702 e. The molecule has 66 valence electrons. The first-order valence-electron chi connectivity index (χ1n) is 4.30. The molecule has 0 bridgehead atoms. The van der Waals surface area contributed by atoms with E-state index in [9.17, 15) is 0 Å². The maximum absolute atomic E-state index is 8.51. The highest BCUT2D eigenvalue weighted by Crippen LogP contribution is 2.11. The molecule has 0 amide bonds. The SMILES string of the molecule is CC(OCCO)C1CCCN1. The van der Waals surface area contributed by atoms with Gasteiger partial charge in [0.05, 0.1) is 19.3 Å². The van der Waals surface area contributed by atoms with E-state index in [-0.39, 0.29) is 12.7 Å². The van der Waals surface area contributed by atoms with E-state index >= 15 is 0 Å². The van der Waals surface area contributed by atoms with Gasteiger partial charge in [0.15, 0.2) is 0 Å². The lowest BCUT2D eigenvalue weighted by atomic mass is 10.1. The summed E-state index contributed by atoms with van der Waals surface area (Å²) < 4.78 is 5.36. The van der Waals surface area contributed by atoms with E-state index in [1.54, 1.807) is 0 Å². The Bertz CT molecular complexity index is 102. The van der Waals surface area contributed by atoms with Crippen molar-refractivity contribution in [3.63, 3.8) is 0 Å². The molecule has 1 fully saturated rings. The molecule has 2 unspecified atom stereocenters. The van der Waals surface area contributed by atoms with Crippen molar-refractivity contribution >= 4 is 0 Å². The fourth-order valence-electron chi connectivity index (χ4n) is 1.47. The summed E-state index contributed by atoms with van der Waals surface area (Å²) >= 11 is 0. The minimum Gasteiger partial charge on any atom is -0.394 e. The van der Waals surface area contributed by atoms with Crippen LogP contribution in [0.15, 0.2) is 0 Å². The molecular weight excluding hydrogens is 142 g/mol. The second-order valence-corrected chi connectivity index (χ2v) is 3.00. The van der Waals surface area contributed by atoms with Crippen molar-refractivity contribution in [1.29, 1.82) is 0 Å². The van der Waals surface area contributed by atoms with Crippen molar-refractivity contribution < 1.29 is 9.84 Å². The molecule has 2 atom stereocenters. The second kappa shape index (κ2) is 4.70. The minimum absolute atomic E-state index is 0.122.